The standard InChI is InChI=1S/C22H22N2O4/c25-20(23-7-9-28-10-8-23)12-1-3-13(4-2-12)24-21(26)18-14-5-6-15(17-11-16(14)17)19(18)22(24)27/h1-6,14-19H,7-11H2/t14-,15-,16-,17-,18-,19+/m1/s1. The van der Waals surface area contributed by atoms with Crippen LogP contribution in [0.5, 0.6) is 0 Å². The quantitative estimate of drug-likeness (QED) is 0.581. The number of allylic oxidation sites excluding steroid dienone is 2. The van der Waals surface area contributed by atoms with Crippen LogP contribution in [0.25, 0.3) is 0 Å². The van der Waals surface area contributed by atoms with E-state index in [1.165, 1.54) is 4.90 Å². The maximum Gasteiger partial charge on any atom is 0.254 e. The van der Waals surface area contributed by atoms with E-state index in [0.29, 0.717) is 49.4 Å². The molecule has 7 rings (SSSR count). The number of morpholine rings is 1. The first-order valence-electron chi connectivity index (χ1n) is 10.2. The van der Waals surface area contributed by atoms with Crippen LogP contribution < -0.4 is 4.90 Å². The molecule has 144 valence electrons. The van der Waals surface area contributed by atoms with Gasteiger partial charge in [-0.2, -0.15) is 0 Å². The minimum absolute atomic E-state index is 0.0371. The summed E-state index contributed by atoms with van der Waals surface area (Å²) in [6, 6.07) is 6.91. The number of imide groups is 1. The first kappa shape index (κ1) is 16.5. The van der Waals surface area contributed by atoms with Crippen molar-refractivity contribution >= 4 is 23.4 Å². The van der Waals surface area contributed by atoms with Crippen LogP contribution in [0, 0.1) is 35.5 Å². The van der Waals surface area contributed by atoms with E-state index in [1.54, 1.807) is 29.2 Å². The SMILES string of the molecule is O=C(c1ccc(N2C(=O)[C@@H]3[C@@H]4C=C[C@H]([C@H]5C[C@H]45)[C@@H]3C2=O)cc1)N1CCOCC1. The van der Waals surface area contributed by atoms with E-state index in [2.05, 4.69) is 12.2 Å². The normalized spacial score (nSPS) is 37.9. The van der Waals surface area contributed by atoms with Gasteiger partial charge in [0.05, 0.1) is 30.7 Å². The minimum atomic E-state index is -0.194. The van der Waals surface area contributed by atoms with Crippen molar-refractivity contribution in [1.82, 2.24) is 4.90 Å². The molecule has 2 saturated carbocycles. The maximum absolute atomic E-state index is 13.2. The topological polar surface area (TPSA) is 66.9 Å². The summed E-state index contributed by atoms with van der Waals surface area (Å²) in [6.45, 7) is 2.29. The van der Waals surface area contributed by atoms with Crippen molar-refractivity contribution in [2.75, 3.05) is 31.2 Å². The number of carbonyl (C=O) groups excluding carboxylic acids is 3. The third-order valence-electron chi connectivity index (χ3n) is 7.33. The molecule has 0 N–H and O–H groups in total. The Balaban J connectivity index is 1.26. The average molecular weight is 378 g/mol. The highest BCUT2D eigenvalue weighted by Crippen LogP contribution is 2.65. The molecule has 3 amide bonds. The van der Waals surface area contributed by atoms with Crippen LogP contribution in [0.3, 0.4) is 0 Å². The molecular weight excluding hydrogens is 356 g/mol. The number of rotatable bonds is 2. The first-order chi connectivity index (χ1) is 13.6. The zero-order valence-electron chi connectivity index (χ0n) is 15.5. The van der Waals surface area contributed by atoms with Crippen molar-refractivity contribution in [3.63, 3.8) is 0 Å². The molecular formula is C22H22N2O4. The third-order valence-corrected chi connectivity index (χ3v) is 7.33. The molecule has 0 radical (unpaired) electrons. The molecule has 6 heteroatoms. The van der Waals surface area contributed by atoms with Gasteiger partial charge in [-0.3, -0.25) is 19.3 Å². The highest BCUT2D eigenvalue weighted by Gasteiger charge is 2.67. The van der Waals surface area contributed by atoms with Gasteiger partial charge in [0.15, 0.2) is 0 Å². The molecule has 2 aliphatic heterocycles. The van der Waals surface area contributed by atoms with E-state index in [4.69, 9.17) is 4.74 Å². The molecule has 0 aromatic heterocycles. The molecule has 2 saturated heterocycles. The lowest BCUT2D eigenvalue weighted by atomic mass is 9.63. The fourth-order valence-electron chi connectivity index (χ4n) is 5.91. The van der Waals surface area contributed by atoms with Crippen molar-refractivity contribution in [3.05, 3.63) is 42.0 Å². The molecule has 1 aromatic rings. The van der Waals surface area contributed by atoms with Crippen molar-refractivity contribution < 1.29 is 19.1 Å². The second-order valence-corrected chi connectivity index (χ2v) is 8.62. The van der Waals surface area contributed by atoms with Crippen LogP contribution in [0.15, 0.2) is 36.4 Å². The van der Waals surface area contributed by atoms with Crippen molar-refractivity contribution in [1.29, 1.82) is 0 Å². The summed E-state index contributed by atoms with van der Waals surface area (Å²) in [5, 5.41) is 0. The average Bonchev–Trinajstić information content (AvgIpc) is 3.52. The summed E-state index contributed by atoms with van der Waals surface area (Å²) >= 11 is 0. The van der Waals surface area contributed by atoms with Crippen molar-refractivity contribution in [3.8, 4) is 0 Å². The molecule has 6 nitrogen and oxygen atoms in total. The van der Waals surface area contributed by atoms with E-state index >= 15 is 0 Å². The summed E-state index contributed by atoms with van der Waals surface area (Å²) in [5.74, 6) is 1.10. The van der Waals surface area contributed by atoms with E-state index in [-0.39, 0.29) is 41.4 Å². The fraction of sp³-hybridized carbons (Fsp3) is 0.500. The van der Waals surface area contributed by atoms with Crippen molar-refractivity contribution in [2.24, 2.45) is 35.5 Å². The summed E-state index contributed by atoms with van der Waals surface area (Å²) in [4.78, 5) is 42.1. The van der Waals surface area contributed by atoms with Gasteiger partial charge in [0.2, 0.25) is 11.8 Å². The Morgan fingerprint density at radius 1 is 0.893 bits per heavy atom. The second-order valence-electron chi connectivity index (χ2n) is 8.62. The van der Waals surface area contributed by atoms with E-state index in [1.807, 2.05) is 0 Å². The van der Waals surface area contributed by atoms with Gasteiger partial charge in [0, 0.05) is 18.7 Å². The van der Waals surface area contributed by atoms with Crippen LogP contribution in [-0.2, 0) is 14.3 Å². The molecule has 6 aliphatic rings. The molecule has 0 spiro atoms. The van der Waals surface area contributed by atoms with Gasteiger partial charge in [-0.1, -0.05) is 12.2 Å². The Morgan fingerprint density at radius 3 is 2.04 bits per heavy atom. The number of benzene rings is 1. The lowest BCUT2D eigenvalue weighted by molar-refractivity contribution is -0.124. The molecule has 1 aromatic carbocycles. The predicted molar refractivity (Wildman–Crippen MR) is 100 cm³/mol. The number of hydrogen-bond acceptors (Lipinski definition) is 4. The molecule has 4 fully saturated rings. The summed E-state index contributed by atoms with van der Waals surface area (Å²) < 4.78 is 5.29. The van der Waals surface area contributed by atoms with Crippen LogP contribution in [0.4, 0.5) is 5.69 Å². The molecule has 2 heterocycles. The van der Waals surface area contributed by atoms with Gasteiger partial charge in [-0.25, -0.2) is 0 Å². The van der Waals surface area contributed by atoms with Crippen LogP contribution >= 0.6 is 0 Å². The lowest BCUT2D eigenvalue weighted by Gasteiger charge is -2.37. The number of carbonyl (C=O) groups is 3. The van der Waals surface area contributed by atoms with Crippen molar-refractivity contribution in [2.45, 2.75) is 6.42 Å². The van der Waals surface area contributed by atoms with Crippen LogP contribution in [0.1, 0.15) is 16.8 Å². The number of nitrogens with zero attached hydrogens (tertiary/aromatic N) is 2. The number of ether oxygens (including phenoxy) is 1. The Kier molecular flexibility index (Phi) is 3.39. The Bertz CT molecular complexity index is 866. The van der Waals surface area contributed by atoms with E-state index in [0.717, 1.165) is 6.42 Å². The van der Waals surface area contributed by atoms with Crippen LogP contribution in [0.2, 0.25) is 0 Å². The van der Waals surface area contributed by atoms with E-state index < -0.39 is 0 Å². The highest BCUT2D eigenvalue weighted by molar-refractivity contribution is 6.22. The lowest BCUT2D eigenvalue weighted by Crippen LogP contribution is -2.40. The molecule has 4 aliphatic carbocycles. The number of hydrogen-bond donors (Lipinski definition) is 0. The fourth-order valence-corrected chi connectivity index (χ4v) is 5.91. The van der Waals surface area contributed by atoms with Gasteiger partial charge in [-0.05, 0) is 54.4 Å². The highest BCUT2D eigenvalue weighted by atomic mass is 16.5. The smallest absolute Gasteiger partial charge is 0.254 e. The Morgan fingerprint density at radius 2 is 1.46 bits per heavy atom. The zero-order valence-corrected chi connectivity index (χ0v) is 15.5. The molecule has 6 atom stereocenters. The third kappa shape index (κ3) is 2.15. The Labute approximate surface area is 163 Å². The second kappa shape index (κ2) is 5.77. The number of amides is 3. The summed E-state index contributed by atoms with van der Waals surface area (Å²) in [7, 11) is 0. The molecule has 2 bridgehead atoms. The predicted octanol–water partition coefficient (Wildman–Crippen LogP) is 1.72. The monoisotopic (exact) mass is 378 g/mol. The maximum atomic E-state index is 13.2. The molecule has 28 heavy (non-hydrogen) atoms. The first-order valence-corrected chi connectivity index (χ1v) is 10.2. The minimum Gasteiger partial charge on any atom is -0.378 e. The zero-order chi connectivity index (χ0) is 19.0. The van der Waals surface area contributed by atoms with Crippen LogP contribution in [-0.4, -0.2) is 48.9 Å². The largest absolute Gasteiger partial charge is 0.378 e. The Hall–Kier alpha value is -2.47. The number of anilines is 1. The van der Waals surface area contributed by atoms with E-state index in [9.17, 15) is 14.4 Å². The summed E-state index contributed by atoms with van der Waals surface area (Å²) in [5.41, 5.74) is 1.15. The van der Waals surface area contributed by atoms with Gasteiger partial charge < -0.3 is 9.64 Å². The van der Waals surface area contributed by atoms with Gasteiger partial charge in [-0.15, -0.1) is 0 Å². The summed E-state index contributed by atoms with van der Waals surface area (Å²) in [6.07, 6.45) is 5.52. The van der Waals surface area contributed by atoms with Gasteiger partial charge in [0.1, 0.15) is 0 Å². The van der Waals surface area contributed by atoms with Gasteiger partial charge >= 0.3 is 0 Å². The van der Waals surface area contributed by atoms with Gasteiger partial charge in [0.25, 0.3) is 5.91 Å². The molecule has 0 unspecified atom stereocenters.